The van der Waals surface area contributed by atoms with E-state index in [0.29, 0.717) is 11.3 Å². The first kappa shape index (κ1) is 11.1. The van der Waals surface area contributed by atoms with Crippen LogP contribution in [0.1, 0.15) is 37.8 Å². The van der Waals surface area contributed by atoms with E-state index < -0.39 is 0 Å². The molecular formula is C12H17ClN4. The van der Waals surface area contributed by atoms with Crippen molar-refractivity contribution in [3.05, 3.63) is 11.0 Å². The van der Waals surface area contributed by atoms with E-state index in [1.807, 2.05) is 0 Å². The number of aryl methyl sites for hydroxylation is 1. The molecule has 0 amide bonds. The van der Waals surface area contributed by atoms with E-state index >= 15 is 0 Å². The minimum atomic E-state index is 0.355. The Hall–Kier alpha value is -1.03. The van der Waals surface area contributed by atoms with Crippen LogP contribution >= 0.6 is 11.6 Å². The number of anilines is 2. The largest absolute Gasteiger partial charge is 0.381 e. The highest BCUT2D eigenvalue weighted by Crippen LogP contribution is 2.31. The van der Waals surface area contributed by atoms with Crippen LogP contribution in [0.2, 0.25) is 5.28 Å². The Kier molecular flexibility index (Phi) is 3.05. The average Bonchev–Trinajstić information content (AvgIpc) is 2.81. The molecule has 2 heterocycles. The van der Waals surface area contributed by atoms with E-state index in [9.17, 15) is 0 Å². The summed E-state index contributed by atoms with van der Waals surface area (Å²) in [7, 11) is 0. The predicted molar refractivity (Wildman–Crippen MR) is 69.7 cm³/mol. The molecule has 1 aliphatic heterocycles. The fourth-order valence-electron chi connectivity index (χ4n) is 2.68. The molecule has 0 unspecified atom stereocenters. The van der Waals surface area contributed by atoms with Gasteiger partial charge in [0.15, 0.2) is 5.82 Å². The SMILES string of the molecule is Clc1nc2c(c(NC3CCCC3)n1)NCCC2. The highest BCUT2D eigenvalue weighted by Gasteiger charge is 2.21. The molecule has 5 heteroatoms. The van der Waals surface area contributed by atoms with Gasteiger partial charge in [0, 0.05) is 12.6 Å². The van der Waals surface area contributed by atoms with Gasteiger partial charge < -0.3 is 10.6 Å². The Morgan fingerprint density at radius 3 is 2.82 bits per heavy atom. The number of rotatable bonds is 2. The number of nitrogens with zero attached hydrogens (tertiary/aromatic N) is 2. The van der Waals surface area contributed by atoms with Gasteiger partial charge in [-0.2, -0.15) is 4.98 Å². The standard InChI is InChI=1S/C12H17ClN4/c13-12-16-9-6-3-7-14-10(9)11(17-12)15-8-4-1-2-5-8/h8,14H,1-7H2,(H,15,16,17). The summed E-state index contributed by atoms with van der Waals surface area (Å²) in [6, 6.07) is 0.550. The van der Waals surface area contributed by atoms with Gasteiger partial charge in [0.2, 0.25) is 5.28 Å². The molecule has 0 atom stereocenters. The Bertz CT molecular complexity index is 415. The van der Waals surface area contributed by atoms with Crippen LogP contribution in [0.15, 0.2) is 0 Å². The maximum Gasteiger partial charge on any atom is 0.224 e. The summed E-state index contributed by atoms with van der Waals surface area (Å²) in [5, 5.41) is 7.25. The van der Waals surface area contributed by atoms with Gasteiger partial charge in [0.05, 0.1) is 11.4 Å². The zero-order valence-electron chi connectivity index (χ0n) is 9.80. The smallest absolute Gasteiger partial charge is 0.224 e. The Morgan fingerprint density at radius 1 is 1.18 bits per heavy atom. The van der Waals surface area contributed by atoms with Crippen LogP contribution in [0.3, 0.4) is 0 Å². The van der Waals surface area contributed by atoms with Crippen molar-refractivity contribution >= 4 is 23.1 Å². The molecule has 1 saturated carbocycles. The van der Waals surface area contributed by atoms with Gasteiger partial charge in [-0.05, 0) is 37.3 Å². The summed E-state index contributed by atoms with van der Waals surface area (Å²) >= 11 is 5.98. The molecule has 0 bridgehead atoms. The molecule has 1 aromatic heterocycles. The number of hydrogen-bond acceptors (Lipinski definition) is 4. The Balaban J connectivity index is 1.88. The fraction of sp³-hybridized carbons (Fsp3) is 0.667. The van der Waals surface area contributed by atoms with Gasteiger partial charge in [-0.25, -0.2) is 4.98 Å². The van der Waals surface area contributed by atoms with Crippen molar-refractivity contribution in [1.29, 1.82) is 0 Å². The van der Waals surface area contributed by atoms with Crippen molar-refractivity contribution in [2.24, 2.45) is 0 Å². The summed E-state index contributed by atoms with van der Waals surface area (Å²) < 4.78 is 0. The normalized spacial score (nSPS) is 19.8. The molecule has 3 rings (SSSR count). The second-order valence-electron chi connectivity index (χ2n) is 4.82. The van der Waals surface area contributed by atoms with Gasteiger partial charge in [0.1, 0.15) is 0 Å². The lowest BCUT2D eigenvalue weighted by Crippen LogP contribution is -2.21. The quantitative estimate of drug-likeness (QED) is 0.795. The van der Waals surface area contributed by atoms with Crippen LogP contribution in [0.25, 0.3) is 0 Å². The summed E-state index contributed by atoms with van der Waals surface area (Å²) in [4.78, 5) is 8.63. The lowest BCUT2D eigenvalue weighted by molar-refractivity contribution is 0.742. The molecule has 0 radical (unpaired) electrons. The maximum atomic E-state index is 5.98. The Labute approximate surface area is 106 Å². The van der Waals surface area contributed by atoms with Crippen molar-refractivity contribution in [2.45, 2.75) is 44.6 Å². The number of aromatic nitrogens is 2. The number of nitrogens with one attached hydrogen (secondary N) is 2. The molecule has 0 aromatic carbocycles. The van der Waals surface area contributed by atoms with Gasteiger partial charge in [-0.15, -0.1) is 0 Å². The van der Waals surface area contributed by atoms with Gasteiger partial charge in [-0.1, -0.05) is 12.8 Å². The monoisotopic (exact) mass is 252 g/mol. The van der Waals surface area contributed by atoms with Gasteiger partial charge >= 0.3 is 0 Å². The van der Waals surface area contributed by atoms with E-state index in [2.05, 4.69) is 20.6 Å². The van der Waals surface area contributed by atoms with Crippen LogP contribution in [0, 0.1) is 0 Å². The number of hydrogen-bond donors (Lipinski definition) is 2. The van der Waals surface area contributed by atoms with E-state index in [-0.39, 0.29) is 0 Å². The van der Waals surface area contributed by atoms with Crippen LogP contribution < -0.4 is 10.6 Å². The van der Waals surface area contributed by atoms with Crippen molar-refractivity contribution < 1.29 is 0 Å². The Morgan fingerprint density at radius 2 is 2.00 bits per heavy atom. The molecule has 1 fully saturated rings. The lowest BCUT2D eigenvalue weighted by Gasteiger charge is -2.22. The van der Waals surface area contributed by atoms with Crippen LogP contribution in [0.4, 0.5) is 11.5 Å². The predicted octanol–water partition coefficient (Wildman–Crippen LogP) is 2.84. The van der Waals surface area contributed by atoms with E-state index in [4.69, 9.17) is 11.6 Å². The molecule has 2 N–H and O–H groups in total. The summed E-state index contributed by atoms with van der Waals surface area (Å²) in [5.41, 5.74) is 2.12. The third kappa shape index (κ3) is 2.32. The van der Waals surface area contributed by atoms with Crippen LogP contribution in [-0.4, -0.2) is 22.6 Å². The second kappa shape index (κ2) is 4.69. The maximum absolute atomic E-state index is 5.98. The molecule has 92 valence electrons. The minimum Gasteiger partial charge on any atom is -0.381 e. The van der Waals surface area contributed by atoms with Crippen LogP contribution in [-0.2, 0) is 6.42 Å². The second-order valence-corrected chi connectivity index (χ2v) is 5.16. The molecule has 17 heavy (non-hydrogen) atoms. The fourth-order valence-corrected chi connectivity index (χ4v) is 2.87. The average molecular weight is 253 g/mol. The molecule has 0 spiro atoms. The third-order valence-corrected chi connectivity index (χ3v) is 3.71. The molecule has 4 nitrogen and oxygen atoms in total. The molecule has 1 aromatic rings. The number of halogens is 1. The van der Waals surface area contributed by atoms with E-state index in [1.54, 1.807) is 0 Å². The highest BCUT2D eigenvalue weighted by atomic mass is 35.5. The summed E-state index contributed by atoms with van der Waals surface area (Å²) in [5.74, 6) is 0.895. The molecule has 0 saturated heterocycles. The summed E-state index contributed by atoms with van der Waals surface area (Å²) in [6.45, 7) is 0.997. The number of fused-ring (bicyclic) bond motifs is 1. The molecular weight excluding hydrogens is 236 g/mol. The highest BCUT2D eigenvalue weighted by molar-refractivity contribution is 6.28. The van der Waals surface area contributed by atoms with Crippen molar-refractivity contribution in [2.75, 3.05) is 17.2 Å². The van der Waals surface area contributed by atoms with Gasteiger partial charge in [0.25, 0.3) is 0 Å². The zero-order valence-corrected chi connectivity index (χ0v) is 10.6. The topological polar surface area (TPSA) is 49.8 Å². The zero-order chi connectivity index (χ0) is 11.7. The van der Waals surface area contributed by atoms with Crippen molar-refractivity contribution in [3.63, 3.8) is 0 Å². The first-order valence-corrected chi connectivity index (χ1v) is 6.77. The lowest BCUT2D eigenvalue weighted by atomic mass is 10.1. The van der Waals surface area contributed by atoms with Crippen molar-refractivity contribution in [3.8, 4) is 0 Å². The third-order valence-electron chi connectivity index (χ3n) is 3.54. The summed E-state index contributed by atoms with van der Waals surface area (Å²) in [6.07, 6.45) is 7.19. The van der Waals surface area contributed by atoms with E-state index in [1.165, 1.54) is 25.7 Å². The molecule has 2 aliphatic rings. The van der Waals surface area contributed by atoms with Crippen molar-refractivity contribution in [1.82, 2.24) is 9.97 Å². The van der Waals surface area contributed by atoms with Crippen LogP contribution in [0.5, 0.6) is 0 Å². The minimum absolute atomic E-state index is 0.355. The molecule has 1 aliphatic carbocycles. The first-order chi connectivity index (χ1) is 8.33. The van der Waals surface area contributed by atoms with E-state index in [0.717, 1.165) is 36.6 Å². The first-order valence-electron chi connectivity index (χ1n) is 6.40. The van der Waals surface area contributed by atoms with Gasteiger partial charge in [-0.3, -0.25) is 0 Å².